The summed E-state index contributed by atoms with van der Waals surface area (Å²) in [7, 11) is -6.08. The molecule has 3 aromatic rings. The van der Waals surface area contributed by atoms with Crippen LogP contribution in [0.5, 0.6) is 5.75 Å². The molecular weight excluding hydrogens is 402 g/mol. The summed E-state index contributed by atoms with van der Waals surface area (Å²) < 4.78 is 54.8. The molecule has 0 amide bonds. The number of hydrogen-bond donors (Lipinski definition) is 1. The number of primary sulfonamides is 1. The molecule has 0 saturated carbocycles. The number of nitrogens with zero attached hydrogens (tertiary/aromatic N) is 2. The highest BCUT2D eigenvalue weighted by atomic mass is 32.2. The average molecular weight is 424 g/mol. The molecular formula is C18H21N3O5S2. The lowest BCUT2D eigenvalue weighted by Crippen LogP contribution is -2.28. The van der Waals surface area contributed by atoms with E-state index in [-0.39, 0.29) is 15.5 Å². The first-order valence-electron chi connectivity index (χ1n) is 8.29. The molecule has 0 aliphatic heterocycles. The predicted octanol–water partition coefficient (Wildman–Crippen LogP) is 2.23. The number of nitrogens with two attached hydrogens (primary N) is 1. The highest BCUT2D eigenvalue weighted by Crippen LogP contribution is 2.34. The van der Waals surface area contributed by atoms with Crippen LogP contribution in [0.25, 0.3) is 16.9 Å². The molecule has 0 aliphatic carbocycles. The Balaban J connectivity index is 2.24. The molecule has 2 aromatic heterocycles. The minimum atomic E-state index is -3.80. The van der Waals surface area contributed by atoms with Crippen LogP contribution in [0.15, 0.2) is 52.5 Å². The zero-order valence-electron chi connectivity index (χ0n) is 15.9. The highest BCUT2D eigenvalue weighted by Gasteiger charge is 2.34. The Morgan fingerprint density at radius 3 is 2.18 bits per heavy atom. The summed E-state index contributed by atoms with van der Waals surface area (Å²) in [6.45, 7) is 4.85. The van der Waals surface area contributed by atoms with Gasteiger partial charge < -0.3 is 4.74 Å². The normalized spacial score (nSPS) is 13.0. The van der Waals surface area contributed by atoms with Gasteiger partial charge in [-0.05, 0) is 32.9 Å². The van der Waals surface area contributed by atoms with Crippen LogP contribution in [0.2, 0.25) is 0 Å². The molecule has 8 nitrogen and oxygen atoms in total. The number of sulfonamides is 1. The average Bonchev–Trinajstić information content (AvgIpc) is 3.01. The van der Waals surface area contributed by atoms with Gasteiger partial charge in [-0.1, -0.05) is 12.1 Å². The third-order valence-corrected chi connectivity index (χ3v) is 7.80. The van der Waals surface area contributed by atoms with Gasteiger partial charge in [0.1, 0.15) is 16.3 Å². The van der Waals surface area contributed by atoms with E-state index in [0.717, 1.165) is 0 Å². The molecule has 0 saturated heterocycles. The maximum atomic E-state index is 13.0. The Kier molecular flexibility index (Phi) is 4.77. The van der Waals surface area contributed by atoms with E-state index >= 15 is 0 Å². The van der Waals surface area contributed by atoms with Crippen LogP contribution in [-0.4, -0.2) is 38.1 Å². The number of benzene rings is 1. The van der Waals surface area contributed by atoms with Crippen molar-refractivity contribution in [3.8, 4) is 17.0 Å². The van der Waals surface area contributed by atoms with Crippen molar-refractivity contribution >= 4 is 25.5 Å². The van der Waals surface area contributed by atoms with Gasteiger partial charge in [0.05, 0.1) is 28.6 Å². The molecule has 2 heterocycles. The van der Waals surface area contributed by atoms with Crippen molar-refractivity contribution in [1.29, 1.82) is 0 Å². The van der Waals surface area contributed by atoms with Gasteiger partial charge in [-0.3, -0.25) is 4.40 Å². The van der Waals surface area contributed by atoms with Gasteiger partial charge in [0.2, 0.25) is 10.0 Å². The largest absolute Gasteiger partial charge is 0.495 e. The molecule has 3 rings (SSSR count). The van der Waals surface area contributed by atoms with Crippen molar-refractivity contribution in [3.63, 3.8) is 0 Å². The lowest BCUT2D eigenvalue weighted by Gasteiger charge is -2.21. The zero-order chi connectivity index (χ0) is 20.9. The van der Waals surface area contributed by atoms with Crippen molar-refractivity contribution in [2.24, 2.45) is 5.14 Å². The van der Waals surface area contributed by atoms with E-state index in [1.165, 1.54) is 25.4 Å². The fourth-order valence-electron chi connectivity index (χ4n) is 2.71. The number of imidazole rings is 1. The molecule has 0 spiro atoms. The molecule has 28 heavy (non-hydrogen) atoms. The van der Waals surface area contributed by atoms with Crippen LogP contribution in [0.4, 0.5) is 0 Å². The molecule has 1 aromatic carbocycles. The fourth-order valence-corrected chi connectivity index (χ4v) is 4.53. The summed E-state index contributed by atoms with van der Waals surface area (Å²) in [6.07, 6.45) is 3.05. The summed E-state index contributed by atoms with van der Waals surface area (Å²) in [5.41, 5.74) is 1.75. The number of fused-ring (bicyclic) bond motifs is 1. The molecule has 0 fully saturated rings. The van der Waals surface area contributed by atoms with Crippen LogP contribution in [0, 0.1) is 0 Å². The molecule has 0 bridgehead atoms. The maximum absolute atomic E-state index is 13.0. The number of methoxy groups -OCH3 is 1. The predicted molar refractivity (Wildman–Crippen MR) is 105 cm³/mol. The monoisotopic (exact) mass is 423 g/mol. The SMILES string of the molecule is COc1cc2ncc(-c3ccc(S(N)(=O)=O)cc3)n2cc1S(=O)(=O)C(C)(C)C. The van der Waals surface area contributed by atoms with Gasteiger partial charge in [-0.15, -0.1) is 0 Å². The zero-order valence-corrected chi connectivity index (χ0v) is 17.5. The first-order chi connectivity index (χ1) is 12.9. The second-order valence-corrected chi connectivity index (χ2v) is 11.5. The Hall–Kier alpha value is -2.43. The number of rotatable bonds is 4. The Morgan fingerprint density at radius 1 is 1.07 bits per heavy atom. The van der Waals surface area contributed by atoms with E-state index in [0.29, 0.717) is 16.9 Å². The topological polar surface area (TPSA) is 121 Å². The second-order valence-electron chi connectivity index (χ2n) is 7.26. The van der Waals surface area contributed by atoms with Crippen LogP contribution < -0.4 is 9.88 Å². The molecule has 2 N–H and O–H groups in total. The minimum absolute atomic E-state index is 0.0114. The van der Waals surface area contributed by atoms with Gasteiger partial charge in [0, 0.05) is 17.8 Å². The van der Waals surface area contributed by atoms with Crippen molar-refractivity contribution in [2.45, 2.75) is 35.3 Å². The lowest BCUT2D eigenvalue weighted by atomic mass is 10.2. The third kappa shape index (κ3) is 3.38. The number of ether oxygens (including phenoxy) is 1. The number of pyridine rings is 1. The van der Waals surface area contributed by atoms with Crippen LogP contribution in [0.3, 0.4) is 0 Å². The molecule has 150 valence electrons. The smallest absolute Gasteiger partial charge is 0.238 e. The van der Waals surface area contributed by atoms with Gasteiger partial charge in [-0.2, -0.15) is 0 Å². The van der Waals surface area contributed by atoms with Crippen LogP contribution in [0.1, 0.15) is 20.8 Å². The van der Waals surface area contributed by atoms with Crippen LogP contribution in [-0.2, 0) is 19.9 Å². The van der Waals surface area contributed by atoms with Gasteiger partial charge in [0.25, 0.3) is 0 Å². The van der Waals surface area contributed by atoms with Crippen molar-refractivity contribution in [3.05, 3.63) is 42.7 Å². The number of hydrogen-bond acceptors (Lipinski definition) is 6. The summed E-state index contributed by atoms with van der Waals surface area (Å²) >= 11 is 0. The minimum Gasteiger partial charge on any atom is -0.495 e. The molecule has 0 atom stereocenters. The Morgan fingerprint density at radius 2 is 1.68 bits per heavy atom. The summed E-state index contributed by atoms with van der Waals surface area (Å²) in [4.78, 5) is 4.35. The number of aromatic nitrogens is 2. The summed E-state index contributed by atoms with van der Waals surface area (Å²) in [5.74, 6) is 0.212. The van der Waals surface area contributed by atoms with Crippen molar-refractivity contribution < 1.29 is 21.6 Å². The van der Waals surface area contributed by atoms with Gasteiger partial charge in [-0.25, -0.2) is 27.0 Å². The number of sulfone groups is 1. The Labute approximate surface area is 163 Å². The van der Waals surface area contributed by atoms with E-state index < -0.39 is 24.6 Å². The van der Waals surface area contributed by atoms with Crippen molar-refractivity contribution in [2.75, 3.05) is 7.11 Å². The molecule has 0 aliphatic rings. The molecule has 0 unspecified atom stereocenters. The fraction of sp³-hybridized carbons (Fsp3) is 0.278. The highest BCUT2D eigenvalue weighted by molar-refractivity contribution is 7.92. The maximum Gasteiger partial charge on any atom is 0.238 e. The van der Waals surface area contributed by atoms with Gasteiger partial charge >= 0.3 is 0 Å². The van der Waals surface area contributed by atoms with E-state index in [4.69, 9.17) is 9.88 Å². The van der Waals surface area contributed by atoms with Gasteiger partial charge in [0.15, 0.2) is 9.84 Å². The van der Waals surface area contributed by atoms with E-state index in [2.05, 4.69) is 4.98 Å². The van der Waals surface area contributed by atoms with Crippen LogP contribution >= 0.6 is 0 Å². The quantitative estimate of drug-likeness (QED) is 0.687. The van der Waals surface area contributed by atoms with Crippen molar-refractivity contribution in [1.82, 2.24) is 9.38 Å². The summed E-state index contributed by atoms with van der Waals surface area (Å²) in [5, 5.41) is 5.13. The van der Waals surface area contributed by atoms with E-state index in [9.17, 15) is 16.8 Å². The summed E-state index contributed by atoms with van der Waals surface area (Å²) in [6, 6.07) is 7.51. The van der Waals surface area contributed by atoms with E-state index in [1.54, 1.807) is 49.6 Å². The second kappa shape index (κ2) is 6.57. The standard InChI is InChI=1S/C18H21N3O5S2/c1-18(2,3)27(22,23)16-11-21-14(10-20-17(21)9-15(16)26-4)12-5-7-13(8-6-12)28(19,24)25/h5-11H,1-4H3,(H2,19,24,25). The first kappa shape index (κ1) is 20.3. The Bertz CT molecular complexity index is 1250. The van der Waals surface area contributed by atoms with E-state index in [1.807, 2.05) is 0 Å². The third-order valence-electron chi connectivity index (χ3n) is 4.37. The molecule has 0 radical (unpaired) electrons. The first-order valence-corrected chi connectivity index (χ1v) is 11.3. The lowest BCUT2D eigenvalue weighted by molar-refractivity contribution is 0.401. The molecule has 10 heteroatoms.